The van der Waals surface area contributed by atoms with Crippen molar-refractivity contribution in [1.29, 1.82) is 0 Å². The smallest absolute Gasteiger partial charge is 0.334 e. The van der Waals surface area contributed by atoms with E-state index in [1.807, 2.05) is 24.3 Å². The van der Waals surface area contributed by atoms with E-state index in [9.17, 15) is 9.90 Å². The highest BCUT2D eigenvalue weighted by molar-refractivity contribution is 5.91. The summed E-state index contributed by atoms with van der Waals surface area (Å²) in [5, 5.41) is 10.6. The van der Waals surface area contributed by atoms with E-state index in [1.54, 1.807) is 7.11 Å². The molecule has 2 aliphatic carbocycles. The van der Waals surface area contributed by atoms with Crippen LogP contribution in [0.3, 0.4) is 0 Å². The van der Waals surface area contributed by atoms with Crippen LogP contribution in [0.25, 0.3) is 0 Å². The third kappa shape index (κ3) is 3.09. The molecular weight excluding hydrogens is 356 g/mol. The molecule has 1 aromatic rings. The maximum absolute atomic E-state index is 12.1. The van der Waals surface area contributed by atoms with E-state index in [2.05, 4.69) is 19.7 Å². The highest BCUT2D eigenvalue weighted by Crippen LogP contribution is 2.52. The molecule has 0 spiro atoms. The van der Waals surface area contributed by atoms with Gasteiger partial charge in [0.25, 0.3) is 0 Å². The van der Waals surface area contributed by atoms with Crippen molar-refractivity contribution in [2.75, 3.05) is 7.11 Å². The quantitative estimate of drug-likeness (QED) is 0.492. The van der Waals surface area contributed by atoms with Crippen LogP contribution < -0.4 is 4.74 Å². The van der Waals surface area contributed by atoms with E-state index in [4.69, 9.17) is 14.2 Å². The molecule has 1 aliphatic heterocycles. The zero-order chi connectivity index (χ0) is 20.0. The van der Waals surface area contributed by atoms with Gasteiger partial charge >= 0.3 is 5.97 Å². The zero-order valence-corrected chi connectivity index (χ0v) is 16.1. The van der Waals surface area contributed by atoms with Gasteiger partial charge in [0.05, 0.1) is 31.8 Å². The first-order chi connectivity index (χ1) is 13.4. The number of rotatable bonds is 4. The molecule has 2 saturated carbocycles. The van der Waals surface area contributed by atoms with Gasteiger partial charge < -0.3 is 19.3 Å². The molecule has 1 heterocycles. The molecule has 0 amide bonds. The molecule has 5 nitrogen and oxygen atoms in total. The van der Waals surface area contributed by atoms with Crippen molar-refractivity contribution in [2.24, 2.45) is 17.8 Å². The summed E-state index contributed by atoms with van der Waals surface area (Å²) in [5.41, 5.74) is 3.27. The molecule has 3 aliphatic rings. The number of aliphatic hydroxyl groups excluding tert-OH is 1. The van der Waals surface area contributed by atoms with Crippen LogP contribution >= 0.6 is 0 Å². The summed E-state index contributed by atoms with van der Waals surface area (Å²) >= 11 is 0. The van der Waals surface area contributed by atoms with Gasteiger partial charge in [-0.1, -0.05) is 37.4 Å². The Labute approximate surface area is 165 Å². The number of hydrogen-bond donors (Lipinski definition) is 1. The molecule has 3 fully saturated rings. The minimum absolute atomic E-state index is 0.0803. The van der Waals surface area contributed by atoms with Gasteiger partial charge in [-0.05, 0) is 42.0 Å². The lowest BCUT2D eigenvalue weighted by molar-refractivity contribution is -0.141. The van der Waals surface area contributed by atoms with Crippen molar-refractivity contribution < 1.29 is 24.1 Å². The minimum atomic E-state index is -0.700. The topological polar surface area (TPSA) is 65.0 Å². The molecule has 0 radical (unpaired) electrons. The second-order valence-electron chi connectivity index (χ2n) is 7.94. The maximum Gasteiger partial charge on any atom is 0.334 e. The average Bonchev–Trinajstić information content (AvgIpc) is 3.13. The van der Waals surface area contributed by atoms with E-state index in [-0.39, 0.29) is 17.9 Å². The third-order valence-corrected chi connectivity index (χ3v) is 6.38. The summed E-state index contributed by atoms with van der Waals surface area (Å²) in [6.45, 7) is 12.8. The van der Waals surface area contributed by atoms with Crippen LogP contribution in [0.2, 0.25) is 0 Å². The molecule has 0 unspecified atom stereocenters. The molecule has 1 N–H and O–H groups in total. The summed E-state index contributed by atoms with van der Waals surface area (Å²) in [6.07, 6.45) is -0.110. The average molecular weight is 382 g/mol. The van der Waals surface area contributed by atoms with Crippen LogP contribution in [-0.4, -0.2) is 36.5 Å². The van der Waals surface area contributed by atoms with Gasteiger partial charge in [0.15, 0.2) is 0 Å². The van der Waals surface area contributed by atoms with Crippen molar-refractivity contribution in [1.82, 2.24) is 0 Å². The van der Waals surface area contributed by atoms with Crippen LogP contribution in [-0.2, 0) is 20.9 Å². The van der Waals surface area contributed by atoms with Crippen LogP contribution in [0, 0.1) is 17.8 Å². The highest BCUT2D eigenvalue weighted by atomic mass is 16.6. The predicted octanol–water partition coefficient (Wildman–Crippen LogP) is 3.19. The van der Waals surface area contributed by atoms with Crippen molar-refractivity contribution >= 4 is 5.97 Å². The first-order valence-corrected chi connectivity index (χ1v) is 9.59. The molecule has 28 heavy (non-hydrogen) atoms. The van der Waals surface area contributed by atoms with Crippen molar-refractivity contribution in [2.45, 2.75) is 37.8 Å². The van der Waals surface area contributed by atoms with Crippen LogP contribution in [0.15, 0.2) is 60.7 Å². The Morgan fingerprint density at radius 3 is 2.57 bits per heavy atom. The van der Waals surface area contributed by atoms with E-state index in [0.29, 0.717) is 18.6 Å². The van der Waals surface area contributed by atoms with Gasteiger partial charge in [0.1, 0.15) is 11.9 Å². The number of carbonyl (C=O) groups excluding carboxylic acids is 1. The van der Waals surface area contributed by atoms with Crippen molar-refractivity contribution in [3.05, 3.63) is 66.3 Å². The Morgan fingerprint density at radius 1 is 1.18 bits per heavy atom. The Morgan fingerprint density at radius 2 is 1.89 bits per heavy atom. The predicted molar refractivity (Wildman–Crippen MR) is 105 cm³/mol. The number of ether oxygens (including phenoxy) is 3. The minimum Gasteiger partial charge on any atom is -0.497 e. The zero-order valence-electron chi connectivity index (χ0n) is 16.1. The van der Waals surface area contributed by atoms with Crippen LogP contribution in [0.5, 0.6) is 5.75 Å². The van der Waals surface area contributed by atoms with Gasteiger partial charge in [0, 0.05) is 11.5 Å². The van der Waals surface area contributed by atoms with Gasteiger partial charge in [0.2, 0.25) is 0 Å². The fraction of sp³-hybridized carbons (Fsp3) is 0.435. The van der Waals surface area contributed by atoms with E-state index in [0.717, 1.165) is 28.9 Å². The molecule has 148 valence electrons. The molecule has 5 heteroatoms. The molecule has 6 atom stereocenters. The molecule has 0 bridgehead atoms. The highest BCUT2D eigenvalue weighted by Gasteiger charge is 2.55. The number of esters is 1. The van der Waals surface area contributed by atoms with Gasteiger partial charge in [-0.15, -0.1) is 0 Å². The second-order valence-corrected chi connectivity index (χ2v) is 7.94. The number of hydrogen-bond acceptors (Lipinski definition) is 5. The number of fused-ring (bicyclic) bond motifs is 3. The monoisotopic (exact) mass is 382 g/mol. The van der Waals surface area contributed by atoms with Crippen LogP contribution in [0.1, 0.15) is 18.4 Å². The standard InChI is InChI=1S/C23H26O5/c1-12-9-18(24)21-14(3)23(25)28-22(21)20-13(2)19(10-17(12)20)27-11-15-5-7-16(26-4)8-6-15/h5-8,17-22,24H,1-3,9-11H2,4H3/t17-,18+,19-,20-,21+,22+/m0/s1. The van der Waals surface area contributed by atoms with Crippen molar-refractivity contribution in [3.63, 3.8) is 0 Å². The van der Waals surface area contributed by atoms with Gasteiger partial charge in [-0.25, -0.2) is 4.79 Å². The summed E-state index contributed by atoms with van der Waals surface area (Å²) in [4.78, 5) is 12.1. The first-order valence-electron chi connectivity index (χ1n) is 9.59. The fourth-order valence-corrected chi connectivity index (χ4v) is 4.86. The largest absolute Gasteiger partial charge is 0.497 e. The van der Waals surface area contributed by atoms with Gasteiger partial charge in [-0.2, -0.15) is 0 Å². The Hall–Kier alpha value is -2.37. The summed E-state index contributed by atoms with van der Waals surface area (Å²) < 4.78 is 17.0. The lowest BCUT2D eigenvalue weighted by atomic mass is 9.81. The number of methoxy groups -OCH3 is 1. The summed E-state index contributed by atoms with van der Waals surface area (Å²) in [7, 11) is 1.64. The lowest BCUT2D eigenvalue weighted by Gasteiger charge is -2.27. The molecule has 4 rings (SSSR count). The van der Waals surface area contributed by atoms with E-state index in [1.165, 1.54) is 0 Å². The fourth-order valence-electron chi connectivity index (χ4n) is 4.86. The molecule has 1 aromatic carbocycles. The Bertz CT molecular complexity index is 824. The number of carbonyl (C=O) groups is 1. The number of aliphatic hydroxyl groups is 1. The van der Waals surface area contributed by atoms with E-state index < -0.39 is 24.1 Å². The SMILES string of the molecule is C=C1C(=O)O[C@@H]2[C@H]3C(=C)[C@@H](OCc4ccc(OC)cc4)C[C@H]3C(=C)C[C@@H](O)[C@@H]12. The third-order valence-electron chi connectivity index (χ3n) is 6.38. The molecule has 1 saturated heterocycles. The Kier molecular flexibility index (Phi) is 4.89. The Balaban J connectivity index is 1.51. The lowest BCUT2D eigenvalue weighted by Crippen LogP contribution is -2.33. The molecule has 0 aromatic heterocycles. The van der Waals surface area contributed by atoms with E-state index >= 15 is 0 Å². The second kappa shape index (κ2) is 7.22. The summed E-state index contributed by atoms with van der Waals surface area (Å²) in [6, 6.07) is 7.76. The first kappa shape index (κ1) is 19.0. The molecular formula is C23H26O5. The van der Waals surface area contributed by atoms with Gasteiger partial charge in [-0.3, -0.25) is 0 Å². The summed E-state index contributed by atoms with van der Waals surface area (Å²) in [5.74, 6) is -0.0389. The van der Waals surface area contributed by atoms with Crippen molar-refractivity contribution in [3.8, 4) is 5.75 Å². The van der Waals surface area contributed by atoms with Crippen LogP contribution in [0.4, 0.5) is 0 Å². The number of benzene rings is 1. The normalized spacial score (nSPS) is 34.6. The maximum atomic E-state index is 12.1.